The van der Waals surface area contributed by atoms with E-state index in [-0.39, 0.29) is 5.41 Å². The van der Waals surface area contributed by atoms with E-state index in [0.29, 0.717) is 0 Å². The number of aromatic nitrogens is 2. The molecule has 0 aliphatic heterocycles. The van der Waals surface area contributed by atoms with Gasteiger partial charge in [-0.25, -0.2) is 0 Å². The predicted molar refractivity (Wildman–Crippen MR) is 67.4 cm³/mol. The number of pyridine rings is 2. The summed E-state index contributed by atoms with van der Waals surface area (Å²) in [5.74, 6) is 0. The van der Waals surface area contributed by atoms with Crippen LogP contribution in [0.3, 0.4) is 0 Å². The van der Waals surface area contributed by atoms with Crippen LogP contribution in [0, 0.1) is 12.3 Å². The second kappa shape index (κ2) is 3.85. The van der Waals surface area contributed by atoms with Gasteiger partial charge in [0.2, 0.25) is 0 Å². The molecule has 0 aromatic carbocycles. The van der Waals surface area contributed by atoms with Crippen molar-refractivity contribution in [1.82, 2.24) is 9.97 Å². The molecule has 0 bridgehead atoms. The molecule has 2 nitrogen and oxygen atoms in total. The second-order valence-electron chi connectivity index (χ2n) is 5.58. The van der Waals surface area contributed by atoms with Crippen LogP contribution in [0.15, 0.2) is 24.5 Å². The van der Waals surface area contributed by atoms with E-state index in [0.717, 1.165) is 17.6 Å². The minimum absolute atomic E-state index is 0.244. The third-order valence-electron chi connectivity index (χ3n) is 2.51. The average molecular weight is 214 g/mol. The Morgan fingerprint density at radius 2 is 1.94 bits per heavy atom. The van der Waals surface area contributed by atoms with Crippen molar-refractivity contribution in [2.75, 3.05) is 0 Å². The Bertz CT molecular complexity index is 510. The summed E-state index contributed by atoms with van der Waals surface area (Å²) in [6.07, 6.45) is 4.75. The maximum Gasteiger partial charge on any atom is 0.0917 e. The zero-order valence-electron chi connectivity index (χ0n) is 10.4. The van der Waals surface area contributed by atoms with Gasteiger partial charge in [0.15, 0.2) is 0 Å². The maximum atomic E-state index is 4.50. The number of aryl methyl sites for hydroxylation is 1. The molecule has 0 fully saturated rings. The Kier molecular flexibility index (Phi) is 2.66. The van der Waals surface area contributed by atoms with E-state index in [9.17, 15) is 0 Å². The molecule has 2 rings (SSSR count). The van der Waals surface area contributed by atoms with Crippen molar-refractivity contribution in [3.05, 3.63) is 35.8 Å². The molecule has 2 aromatic rings. The Hall–Kier alpha value is -1.44. The summed E-state index contributed by atoms with van der Waals surface area (Å²) < 4.78 is 0. The first kappa shape index (κ1) is 11.1. The predicted octanol–water partition coefficient (Wildman–Crippen LogP) is 3.53. The zero-order chi connectivity index (χ0) is 11.8. The van der Waals surface area contributed by atoms with E-state index in [1.165, 1.54) is 10.9 Å². The molecule has 0 aliphatic rings. The number of nitrogens with zero attached hydrogens (tertiary/aromatic N) is 2. The number of rotatable bonds is 1. The highest BCUT2D eigenvalue weighted by atomic mass is 14.7. The first-order valence-electron chi connectivity index (χ1n) is 5.66. The van der Waals surface area contributed by atoms with Crippen molar-refractivity contribution in [3.8, 4) is 0 Å². The van der Waals surface area contributed by atoms with Gasteiger partial charge in [-0.15, -0.1) is 0 Å². The van der Waals surface area contributed by atoms with Crippen molar-refractivity contribution in [1.29, 1.82) is 0 Å². The molecule has 0 unspecified atom stereocenters. The van der Waals surface area contributed by atoms with E-state index in [2.05, 4.69) is 43.7 Å². The topological polar surface area (TPSA) is 25.8 Å². The van der Waals surface area contributed by atoms with Gasteiger partial charge in [0.25, 0.3) is 0 Å². The lowest BCUT2D eigenvalue weighted by molar-refractivity contribution is 0.407. The molecule has 2 heterocycles. The van der Waals surface area contributed by atoms with Crippen molar-refractivity contribution in [2.45, 2.75) is 34.1 Å². The van der Waals surface area contributed by atoms with Crippen molar-refractivity contribution in [2.24, 2.45) is 5.41 Å². The van der Waals surface area contributed by atoms with E-state index in [1.807, 2.05) is 18.5 Å². The number of hydrogen-bond donors (Lipinski definition) is 0. The van der Waals surface area contributed by atoms with Gasteiger partial charge in [0.05, 0.1) is 11.2 Å². The molecule has 0 saturated carbocycles. The van der Waals surface area contributed by atoms with Crippen molar-refractivity contribution < 1.29 is 0 Å². The van der Waals surface area contributed by atoms with Crippen LogP contribution < -0.4 is 0 Å². The molecule has 84 valence electrons. The Labute approximate surface area is 96.7 Å². The lowest BCUT2D eigenvalue weighted by atomic mass is 9.89. The standard InChI is InChI=1S/C14H18N2/c1-10-7-11-5-6-15-12(8-14(2,3)4)13(11)16-9-10/h5-7,9H,8H2,1-4H3. The first-order chi connectivity index (χ1) is 7.46. The summed E-state index contributed by atoms with van der Waals surface area (Å²) in [6, 6.07) is 4.19. The summed E-state index contributed by atoms with van der Waals surface area (Å²) >= 11 is 0. The number of hydrogen-bond acceptors (Lipinski definition) is 2. The average Bonchev–Trinajstić information content (AvgIpc) is 2.15. The van der Waals surface area contributed by atoms with Crippen molar-refractivity contribution >= 4 is 10.9 Å². The smallest absolute Gasteiger partial charge is 0.0917 e. The van der Waals surface area contributed by atoms with Gasteiger partial charge in [0, 0.05) is 17.8 Å². The molecule has 0 aliphatic carbocycles. The van der Waals surface area contributed by atoms with Crippen LogP contribution in [0.25, 0.3) is 10.9 Å². The van der Waals surface area contributed by atoms with Gasteiger partial charge in [-0.2, -0.15) is 0 Å². The first-order valence-corrected chi connectivity index (χ1v) is 5.66. The molecule has 2 aromatic heterocycles. The fourth-order valence-corrected chi connectivity index (χ4v) is 1.86. The number of fused-ring (bicyclic) bond motifs is 1. The Balaban J connectivity index is 2.54. The third-order valence-corrected chi connectivity index (χ3v) is 2.51. The fourth-order valence-electron chi connectivity index (χ4n) is 1.86. The normalized spacial score (nSPS) is 12.0. The summed E-state index contributed by atoms with van der Waals surface area (Å²) in [5.41, 5.74) is 3.59. The van der Waals surface area contributed by atoms with E-state index in [4.69, 9.17) is 0 Å². The monoisotopic (exact) mass is 214 g/mol. The van der Waals surface area contributed by atoms with Crippen LogP contribution in [0.2, 0.25) is 0 Å². The summed E-state index contributed by atoms with van der Waals surface area (Å²) in [7, 11) is 0. The molecule has 0 spiro atoms. The minimum Gasteiger partial charge on any atom is -0.259 e. The molecule has 0 N–H and O–H groups in total. The molecule has 2 heteroatoms. The highest BCUT2D eigenvalue weighted by molar-refractivity contribution is 5.80. The summed E-state index contributed by atoms with van der Waals surface area (Å²) in [6.45, 7) is 8.74. The molecule has 16 heavy (non-hydrogen) atoms. The quantitative estimate of drug-likeness (QED) is 0.725. The molecule has 0 saturated heterocycles. The van der Waals surface area contributed by atoms with Crippen LogP contribution in [0.4, 0.5) is 0 Å². The molecular formula is C14H18N2. The summed E-state index contributed by atoms with van der Waals surface area (Å²) in [5, 5.41) is 1.19. The molecule has 0 radical (unpaired) electrons. The molecular weight excluding hydrogens is 196 g/mol. The van der Waals surface area contributed by atoms with Gasteiger partial charge in [-0.05, 0) is 36.5 Å². The van der Waals surface area contributed by atoms with Gasteiger partial charge in [-0.1, -0.05) is 20.8 Å². The Morgan fingerprint density at radius 1 is 1.19 bits per heavy atom. The molecule has 0 atom stereocenters. The van der Waals surface area contributed by atoms with Gasteiger partial charge in [-0.3, -0.25) is 9.97 Å². The lowest BCUT2D eigenvalue weighted by Gasteiger charge is -2.18. The second-order valence-corrected chi connectivity index (χ2v) is 5.58. The SMILES string of the molecule is Cc1cnc2c(CC(C)(C)C)nccc2c1. The lowest BCUT2D eigenvalue weighted by Crippen LogP contribution is -2.11. The van der Waals surface area contributed by atoms with E-state index in [1.54, 1.807) is 0 Å². The van der Waals surface area contributed by atoms with Crippen molar-refractivity contribution in [3.63, 3.8) is 0 Å². The van der Waals surface area contributed by atoms with E-state index >= 15 is 0 Å². The van der Waals surface area contributed by atoms with Crippen LogP contribution in [-0.2, 0) is 6.42 Å². The third kappa shape index (κ3) is 2.38. The summed E-state index contributed by atoms with van der Waals surface area (Å²) in [4.78, 5) is 8.96. The minimum atomic E-state index is 0.244. The van der Waals surface area contributed by atoms with Crippen LogP contribution in [-0.4, -0.2) is 9.97 Å². The fraction of sp³-hybridized carbons (Fsp3) is 0.429. The Morgan fingerprint density at radius 3 is 2.62 bits per heavy atom. The van der Waals surface area contributed by atoms with Gasteiger partial charge in [0.1, 0.15) is 0 Å². The van der Waals surface area contributed by atoms with Crippen LogP contribution in [0.1, 0.15) is 32.0 Å². The van der Waals surface area contributed by atoms with Gasteiger partial charge < -0.3 is 0 Å². The zero-order valence-corrected chi connectivity index (χ0v) is 10.4. The van der Waals surface area contributed by atoms with Crippen LogP contribution in [0.5, 0.6) is 0 Å². The van der Waals surface area contributed by atoms with Gasteiger partial charge >= 0.3 is 0 Å². The molecule has 0 amide bonds. The highest BCUT2D eigenvalue weighted by Gasteiger charge is 2.14. The van der Waals surface area contributed by atoms with E-state index < -0.39 is 0 Å². The van der Waals surface area contributed by atoms with Crippen LogP contribution >= 0.6 is 0 Å². The maximum absolute atomic E-state index is 4.50. The highest BCUT2D eigenvalue weighted by Crippen LogP contribution is 2.24. The largest absolute Gasteiger partial charge is 0.259 e.